The van der Waals surface area contributed by atoms with Gasteiger partial charge in [-0.3, -0.25) is 4.79 Å². The zero-order chi connectivity index (χ0) is 15.0. The smallest absolute Gasteiger partial charge is 0.260 e. The van der Waals surface area contributed by atoms with E-state index in [4.69, 9.17) is 4.74 Å². The Labute approximate surface area is 121 Å². The number of likely N-dealkylation sites (N-methyl/N-ethyl adjacent to an activating group) is 1. The molecule has 0 spiro atoms. The van der Waals surface area contributed by atoms with Crippen molar-refractivity contribution < 1.29 is 9.53 Å². The average molecular weight is 278 g/mol. The third-order valence-corrected chi connectivity index (χ3v) is 2.86. The second-order valence-corrected chi connectivity index (χ2v) is 5.29. The first-order valence-corrected chi connectivity index (χ1v) is 7.27. The number of amides is 1. The maximum Gasteiger partial charge on any atom is 0.260 e. The summed E-state index contributed by atoms with van der Waals surface area (Å²) in [5.74, 6) is 1.29. The number of para-hydroxylation sites is 1. The Morgan fingerprint density at radius 1 is 1.25 bits per heavy atom. The molecule has 20 heavy (non-hydrogen) atoms. The molecule has 1 rings (SSSR count). The van der Waals surface area contributed by atoms with Gasteiger partial charge in [-0.1, -0.05) is 32.0 Å². The van der Waals surface area contributed by atoms with E-state index in [1.807, 2.05) is 31.2 Å². The molecule has 0 saturated carbocycles. The Kier molecular flexibility index (Phi) is 7.09. The Morgan fingerprint density at radius 2 is 1.95 bits per heavy atom. The number of rotatable bonds is 8. The highest BCUT2D eigenvalue weighted by Crippen LogP contribution is 2.19. The fraction of sp³-hybridized carbons (Fsp3) is 0.562. The molecular weight excluding hydrogens is 252 g/mol. The maximum atomic E-state index is 11.7. The quantitative estimate of drug-likeness (QED) is 0.767. The molecule has 0 aliphatic rings. The van der Waals surface area contributed by atoms with Gasteiger partial charge in [0.05, 0.1) is 0 Å². The minimum absolute atomic E-state index is 0.0857. The second-order valence-electron chi connectivity index (χ2n) is 5.29. The minimum atomic E-state index is -0.485. The largest absolute Gasteiger partial charge is 0.481 e. The fourth-order valence-electron chi connectivity index (χ4n) is 1.82. The number of carbonyl (C=O) groups excluding carboxylic acids is 1. The van der Waals surface area contributed by atoms with Gasteiger partial charge >= 0.3 is 0 Å². The fourth-order valence-corrected chi connectivity index (χ4v) is 1.82. The molecular formula is C16H26N2O2. The van der Waals surface area contributed by atoms with E-state index >= 15 is 0 Å². The Morgan fingerprint density at radius 3 is 2.60 bits per heavy atom. The summed E-state index contributed by atoms with van der Waals surface area (Å²) in [7, 11) is 0. The molecule has 2 N–H and O–H groups in total. The number of hydrogen-bond donors (Lipinski definition) is 2. The summed E-state index contributed by atoms with van der Waals surface area (Å²) < 4.78 is 5.77. The minimum Gasteiger partial charge on any atom is -0.481 e. The van der Waals surface area contributed by atoms with Gasteiger partial charge in [0, 0.05) is 18.7 Å². The van der Waals surface area contributed by atoms with E-state index in [-0.39, 0.29) is 5.91 Å². The Bertz CT molecular complexity index is 419. The van der Waals surface area contributed by atoms with Crippen molar-refractivity contribution in [1.29, 1.82) is 0 Å². The van der Waals surface area contributed by atoms with Crippen molar-refractivity contribution >= 4 is 5.91 Å². The van der Waals surface area contributed by atoms with Crippen molar-refractivity contribution in [3.63, 3.8) is 0 Å². The molecule has 4 nitrogen and oxygen atoms in total. The standard InChI is InChI=1S/C16H26N2O2/c1-5-18-16(19)13(4)20-15-9-7-6-8-14(15)11-17-10-12(2)3/h6-9,12-13,17H,5,10-11H2,1-4H3,(H,18,19). The molecule has 112 valence electrons. The maximum absolute atomic E-state index is 11.7. The van der Waals surface area contributed by atoms with Crippen LogP contribution >= 0.6 is 0 Å². The van der Waals surface area contributed by atoms with Crippen LogP contribution in [0.1, 0.15) is 33.3 Å². The third-order valence-electron chi connectivity index (χ3n) is 2.86. The predicted molar refractivity (Wildman–Crippen MR) is 81.8 cm³/mol. The molecule has 1 unspecified atom stereocenters. The van der Waals surface area contributed by atoms with Crippen LogP contribution in [-0.4, -0.2) is 25.1 Å². The molecule has 0 bridgehead atoms. The van der Waals surface area contributed by atoms with Crippen molar-refractivity contribution in [2.24, 2.45) is 5.92 Å². The van der Waals surface area contributed by atoms with E-state index in [0.717, 1.165) is 24.4 Å². The number of ether oxygens (including phenoxy) is 1. The van der Waals surface area contributed by atoms with Crippen molar-refractivity contribution in [2.75, 3.05) is 13.1 Å². The van der Waals surface area contributed by atoms with Gasteiger partial charge in [-0.05, 0) is 32.4 Å². The summed E-state index contributed by atoms with van der Waals surface area (Å²) in [6.45, 7) is 10.3. The number of hydrogen-bond acceptors (Lipinski definition) is 3. The third kappa shape index (κ3) is 5.61. The molecule has 0 heterocycles. The van der Waals surface area contributed by atoms with Crippen LogP contribution in [0.15, 0.2) is 24.3 Å². The summed E-state index contributed by atoms with van der Waals surface area (Å²) in [6, 6.07) is 7.83. The van der Waals surface area contributed by atoms with E-state index in [1.165, 1.54) is 0 Å². The molecule has 0 aliphatic carbocycles. The molecule has 1 amide bonds. The second kappa shape index (κ2) is 8.59. The SMILES string of the molecule is CCNC(=O)C(C)Oc1ccccc1CNCC(C)C. The molecule has 0 fully saturated rings. The highest BCUT2D eigenvalue weighted by atomic mass is 16.5. The van der Waals surface area contributed by atoms with Gasteiger partial charge in [-0.25, -0.2) is 0 Å². The summed E-state index contributed by atoms with van der Waals surface area (Å²) >= 11 is 0. The number of carbonyl (C=O) groups is 1. The highest BCUT2D eigenvalue weighted by molar-refractivity contribution is 5.80. The van der Waals surface area contributed by atoms with Gasteiger partial charge in [0.25, 0.3) is 5.91 Å². The first kappa shape index (κ1) is 16.5. The topological polar surface area (TPSA) is 50.4 Å². The highest BCUT2D eigenvalue weighted by Gasteiger charge is 2.15. The van der Waals surface area contributed by atoms with Gasteiger partial charge in [0.1, 0.15) is 5.75 Å². The molecule has 1 aromatic carbocycles. The van der Waals surface area contributed by atoms with Gasteiger partial charge < -0.3 is 15.4 Å². The molecule has 4 heteroatoms. The first-order chi connectivity index (χ1) is 9.54. The lowest BCUT2D eigenvalue weighted by atomic mass is 10.1. The van der Waals surface area contributed by atoms with E-state index in [0.29, 0.717) is 12.5 Å². The molecule has 0 aromatic heterocycles. The first-order valence-electron chi connectivity index (χ1n) is 7.27. The Hall–Kier alpha value is -1.55. The van der Waals surface area contributed by atoms with E-state index in [1.54, 1.807) is 6.92 Å². The lowest BCUT2D eigenvalue weighted by Crippen LogP contribution is -2.36. The van der Waals surface area contributed by atoms with Crippen molar-refractivity contribution in [3.05, 3.63) is 29.8 Å². The van der Waals surface area contributed by atoms with E-state index in [9.17, 15) is 4.79 Å². The lowest BCUT2D eigenvalue weighted by Gasteiger charge is -2.17. The van der Waals surface area contributed by atoms with Crippen molar-refractivity contribution in [3.8, 4) is 5.75 Å². The molecule has 0 aliphatic heterocycles. The van der Waals surface area contributed by atoms with Gasteiger partial charge in [-0.15, -0.1) is 0 Å². The molecule has 1 atom stereocenters. The van der Waals surface area contributed by atoms with Crippen LogP contribution in [-0.2, 0) is 11.3 Å². The van der Waals surface area contributed by atoms with Crippen LogP contribution in [0.5, 0.6) is 5.75 Å². The van der Waals surface area contributed by atoms with Crippen LogP contribution in [0.3, 0.4) is 0 Å². The van der Waals surface area contributed by atoms with Crippen LogP contribution in [0.4, 0.5) is 0 Å². The van der Waals surface area contributed by atoms with Gasteiger partial charge in [-0.2, -0.15) is 0 Å². The van der Waals surface area contributed by atoms with Crippen LogP contribution in [0.25, 0.3) is 0 Å². The van der Waals surface area contributed by atoms with Gasteiger partial charge in [0.15, 0.2) is 6.10 Å². The van der Waals surface area contributed by atoms with E-state index < -0.39 is 6.10 Å². The molecule has 0 radical (unpaired) electrons. The number of nitrogens with one attached hydrogen (secondary N) is 2. The van der Waals surface area contributed by atoms with Crippen molar-refractivity contribution in [1.82, 2.24) is 10.6 Å². The average Bonchev–Trinajstić information content (AvgIpc) is 2.40. The van der Waals surface area contributed by atoms with Gasteiger partial charge in [0.2, 0.25) is 0 Å². The zero-order valence-corrected chi connectivity index (χ0v) is 12.9. The monoisotopic (exact) mass is 278 g/mol. The zero-order valence-electron chi connectivity index (χ0n) is 12.9. The Balaban J connectivity index is 2.62. The van der Waals surface area contributed by atoms with Crippen LogP contribution < -0.4 is 15.4 Å². The lowest BCUT2D eigenvalue weighted by molar-refractivity contribution is -0.127. The molecule has 1 aromatic rings. The normalized spacial score (nSPS) is 12.2. The summed E-state index contributed by atoms with van der Waals surface area (Å²) in [5, 5.41) is 6.15. The summed E-state index contributed by atoms with van der Waals surface area (Å²) in [4.78, 5) is 11.7. The number of benzene rings is 1. The van der Waals surface area contributed by atoms with Crippen LogP contribution in [0, 0.1) is 5.92 Å². The van der Waals surface area contributed by atoms with E-state index in [2.05, 4.69) is 24.5 Å². The summed E-state index contributed by atoms with van der Waals surface area (Å²) in [6.07, 6.45) is -0.485. The van der Waals surface area contributed by atoms with Crippen LogP contribution in [0.2, 0.25) is 0 Å². The molecule has 0 saturated heterocycles. The van der Waals surface area contributed by atoms with Crippen molar-refractivity contribution in [2.45, 2.75) is 40.3 Å². The summed E-state index contributed by atoms with van der Waals surface area (Å²) in [5.41, 5.74) is 1.07. The predicted octanol–water partition coefficient (Wildman–Crippen LogP) is 2.34.